The van der Waals surface area contributed by atoms with E-state index < -0.39 is 0 Å². The van der Waals surface area contributed by atoms with Crippen LogP contribution in [0, 0.1) is 5.92 Å². The van der Waals surface area contributed by atoms with Gasteiger partial charge in [-0.1, -0.05) is 38.8 Å². The van der Waals surface area contributed by atoms with Crippen LogP contribution in [-0.4, -0.2) is 37.5 Å². The Labute approximate surface area is 133 Å². The molecule has 1 amide bonds. The van der Waals surface area contributed by atoms with Gasteiger partial charge in [-0.2, -0.15) is 0 Å². The number of alkyl halides is 1. The van der Waals surface area contributed by atoms with Crippen molar-refractivity contribution in [1.82, 2.24) is 10.2 Å². The predicted octanol–water partition coefficient (Wildman–Crippen LogP) is 3.52. The fraction of sp³-hybridized carbons (Fsp3) is 0.588. The van der Waals surface area contributed by atoms with Crippen molar-refractivity contribution in [2.45, 2.75) is 38.6 Å². The molecule has 1 aromatic rings. The molecule has 21 heavy (non-hydrogen) atoms. The van der Waals surface area contributed by atoms with Crippen LogP contribution in [0.25, 0.3) is 0 Å². The van der Waals surface area contributed by atoms with Crippen LogP contribution in [0.2, 0.25) is 0 Å². The van der Waals surface area contributed by atoms with E-state index in [1.807, 2.05) is 24.3 Å². The zero-order chi connectivity index (χ0) is 15.8. The van der Waals surface area contributed by atoms with Crippen molar-refractivity contribution in [2.75, 3.05) is 20.6 Å². The van der Waals surface area contributed by atoms with E-state index in [-0.39, 0.29) is 5.91 Å². The largest absolute Gasteiger partial charge is 0.350 e. The number of carbonyl (C=O) groups is 1. The van der Waals surface area contributed by atoms with Crippen molar-refractivity contribution >= 4 is 17.5 Å². The van der Waals surface area contributed by atoms with Crippen LogP contribution in [0.3, 0.4) is 0 Å². The Morgan fingerprint density at radius 2 is 1.76 bits per heavy atom. The van der Waals surface area contributed by atoms with Crippen molar-refractivity contribution in [2.24, 2.45) is 5.92 Å². The quantitative estimate of drug-likeness (QED) is 0.745. The van der Waals surface area contributed by atoms with E-state index in [4.69, 9.17) is 11.6 Å². The van der Waals surface area contributed by atoms with Crippen LogP contribution in [0.15, 0.2) is 24.3 Å². The van der Waals surface area contributed by atoms with Gasteiger partial charge in [0.05, 0.1) is 0 Å². The lowest BCUT2D eigenvalue weighted by molar-refractivity contribution is 0.0929. The molecule has 0 saturated carbocycles. The Morgan fingerprint density at radius 1 is 1.19 bits per heavy atom. The van der Waals surface area contributed by atoms with Gasteiger partial charge in [0.1, 0.15) is 0 Å². The smallest absolute Gasteiger partial charge is 0.251 e. The van der Waals surface area contributed by atoms with Crippen LogP contribution < -0.4 is 5.32 Å². The van der Waals surface area contributed by atoms with Gasteiger partial charge < -0.3 is 10.2 Å². The summed E-state index contributed by atoms with van der Waals surface area (Å²) in [5.41, 5.74) is 1.71. The molecule has 1 rings (SSSR count). The molecule has 0 fully saturated rings. The van der Waals surface area contributed by atoms with E-state index >= 15 is 0 Å². The molecule has 1 unspecified atom stereocenters. The van der Waals surface area contributed by atoms with E-state index in [1.165, 1.54) is 0 Å². The summed E-state index contributed by atoms with van der Waals surface area (Å²) in [6.45, 7) is 5.09. The second-order valence-electron chi connectivity index (χ2n) is 5.65. The Morgan fingerprint density at radius 3 is 2.19 bits per heavy atom. The molecular formula is C17H27ClN2O. The highest BCUT2D eigenvalue weighted by molar-refractivity contribution is 6.17. The lowest BCUT2D eigenvalue weighted by Gasteiger charge is -2.31. The number of hydrogen-bond donors (Lipinski definition) is 1. The average molecular weight is 311 g/mol. The fourth-order valence-corrected chi connectivity index (χ4v) is 2.83. The van der Waals surface area contributed by atoms with Gasteiger partial charge in [0, 0.05) is 24.0 Å². The molecule has 1 N–H and O–H groups in total. The molecule has 1 aromatic carbocycles. The topological polar surface area (TPSA) is 32.3 Å². The first-order valence-corrected chi connectivity index (χ1v) is 8.16. The molecule has 0 spiro atoms. The minimum atomic E-state index is -0.0195. The molecule has 0 aliphatic heterocycles. The lowest BCUT2D eigenvalue weighted by Crippen LogP contribution is -2.44. The summed E-state index contributed by atoms with van der Waals surface area (Å²) in [6, 6.07) is 7.81. The predicted molar refractivity (Wildman–Crippen MR) is 89.9 cm³/mol. The standard InChI is InChI=1S/C17H27ClN2O/c1-5-14(6-2)16(20(3)4)12-19-17(21)15-9-7-13(11-18)8-10-15/h7-10,14,16H,5-6,11-12H2,1-4H3,(H,19,21). The van der Waals surface area contributed by atoms with Crippen LogP contribution >= 0.6 is 11.6 Å². The highest BCUT2D eigenvalue weighted by atomic mass is 35.5. The van der Waals surface area contributed by atoms with Gasteiger partial charge >= 0.3 is 0 Å². The number of carbonyl (C=O) groups excluding carboxylic acids is 1. The summed E-state index contributed by atoms with van der Waals surface area (Å²) in [4.78, 5) is 14.4. The maximum atomic E-state index is 12.2. The van der Waals surface area contributed by atoms with Crippen molar-refractivity contribution in [3.63, 3.8) is 0 Å². The third kappa shape index (κ3) is 5.33. The summed E-state index contributed by atoms with van der Waals surface area (Å²) in [5.74, 6) is 1.05. The van der Waals surface area contributed by atoms with E-state index in [1.54, 1.807) is 0 Å². The normalized spacial score (nSPS) is 12.7. The summed E-state index contributed by atoms with van der Waals surface area (Å²) < 4.78 is 0. The van der Waals surface area contributed by atoms with Crippen molar-refractivity contribution < 1.29 is 4.79 Å². The molecule has 1 atom stereocenters. The Hall–Kier alpha value is -1.06. The first-order chi connectivity index (χ1) is 10.0. The summed E-state index contributed by atoms with van der Waals surface area (Å²) in [5, 5.41) is 3.05. The highest BCUT2D eigenvalue weighted by Crippen LogP contribution is 2.16. The van der Waals surface area contributed by atoms with E-state index in [2.05, 4.69) is 38.2 Å². The highest BCUT2D eigenvalue weighted by Gasteiger charge is 2.21. The molecule has 0 radical (unpaired) electrons. The molecular weight excluding hydrogens is 284 g/mol. The van der Waals surface area contributed by atoms with Crippen molar-refractivity contribution in [1.29, 1.82) is 0 Å². The average Bonchev–Trinajstić information content (AvgIpc) is 2.50. The second-order valence-corrected chi connectivity index (χ2v) is 5.92. The third-order valence-electron chi connectivity index (χ3n) is 4.10. The number of benzene rings is 1. The minimum absolute atomic E-state index is 0.0195. The molecule has 0 aliphatic rings. The number of likely N-dealkylation sites (N-methyl/N-ethyl adjacent to an activating group) is 1. The number of nitrogens with zero attached hydrogens (tertiary/aromatic N) is 1. The minimum Gasteiger partial charge on any atom is -0.350 e. The number of nitrogens with one attached hydrogen (secondary N) is 1. The number of amides is 1. The van der Waals surface area contributed by atoms with Crippen LogP contribution in [0.1, 0.15) is 42.6 Å². The zero-order valence-corrected chi connectivity index (χ0v) is 14.3. The van der Waals surface area contributed by atoms with Crippen LogP contribution in [-0.2, 0) is 5.88 Å². The SMILES string of the molecule is CCC(CC)C(CNC(=O)c1ccc(CCl)cc1)N(C)C. The Kier molecular flexibility index (Phi) is 7.76. The maximum Gasteiger partial charge on any atom is 0.251 e. The summed E-state index contributed by atoms with van der Waals surface area (Å²) >= 11 is 5.76. The molecule has 0 aromatic heterocycles. The monoisotopic (exact) mass is 310 g/mol. The van der Waals surface area contributed by atoms with Gasteiger partial charge in [-0.3, -0.25) is 4.79 Å². The molecule has 0 heterocycles. The van der Waals surface area contributed by atoms with Gasteiger partial charge in [-0.25, -0.2) is 0 Å². The summed E-state index contributed by atoms with van der Waals surface area (Å²) in [6.07, 6.45) is 2.25. The fourth-order valence-electron chi connectivity index (χ4n) is 2.65. The number of rotatable bonds is 8. The lowest BCUT2D eigenvalue weighted by atomic mass is 9.93. The summed E-state index contributed by atoms with van der Waals surface area (Å²) in [7, 11) is 4.15. The number of hydrogen-bond acceptors (Lipinski definition) is 2. The van der Waals surface area contributed by atoms with E-state index in [9.17, 15) is 4.79 Å². The van der Waals surface area contributed by atoms with E-state index in [0.717, 1.165) is 18.4 Å². The Bertz CT molecular complexity index is 427. The molecule has 118 valence electrons. The van der Waals surface area contributed by atoms with Gasteiger partial charge in [-0.05, 0) is 37.7 Å². The molecule has 0 saturated heterocycles. The Balaban J connectivity index is 2.64. The maximum absolute atomic E-state index is 12.2. The third-order valence-corrected chi connectivity index (χ3v) is 4.41. The molecule has 3 nitrogen and oxygen atoms in total. The van der Waals surface area contributed by atoms with Gasteiger partial charge in [0.2, 0.25) is 0 Å². The van der Waals surface area contributed by atoms with Gasteiger partial charge in [0.15, 0.2) is 0 Å². The van der Waals surface area contributed by atoms with Crippen LogP contribution in [0.4, 0.5) is 0 Å². The number of halogens is 1. The zero-order valence-electron chi connectivity index (χ0n) is 13.5. The van der Waals surface area contributed by atoms with Gasteiger partial charge in [-0.15, -0.1) is 11.6 Å². The van der Waals surface area contributed by atoms with Crippen molar-refractivity contribution in [3.05, 3.63) is 35.4 Å². The van der Waals surface area contributed by atoms with Gasteiger partial charge in [0.25, 0.3) is 5.91 Å². The first kappa shape index (κ1) is 18.0. The first-order valence-electron chi connectivity index (χ1n) is 7.62. The molecule has 0 aliphatic carbocycles. The molecule has 4 heteroatoms. The van der Waals surface area contributed by atoms with E-state index in [0.29, 0.717) is 29.9 Å². The second kappa shape index (κ2) is 9.06. The van der Waals surface area contributed by atoms with Crippen molar-refractivity contribution in [3.8, 4) is 0 Å². The molecule has 0 bridgehead atoms. The van der Waals surface area contributed by atoms with Crippen LogP contribution in [0.5, 0.6) is 0 Å².